The van der Waals surface area contributed by atoms with Gasteiger partial charge in [0.2, 0.25) is 0 Å². The fourth-order valence-corrected chi connectivity index (χ4v) is 5.78. The smallest absolute Gasteiger partial charge is 0.251 e. The average molecular weight is 362 g/mol. The molecule has 4 atom stereocenters. The molecule has 3 aliphatic rings. The van der Waals surface area contributed by atoms with Gasteiger partial charge in [0, 0.05) is 29.5 Å². The summed E-state index contributed by atoms with van der Waals surface area (Å²) >= 11 is 5.93. The monoisotopic (exact) mass is 361 g/mol. The molecule has 1 aromatic rings. The van der Waals surface area contributed by atoms with Gasteiger partial charge in [-0.15, -0.1) is 0 Å². The Morgan fingerprint density at radius 1 is 0.880 bits per heavy atom. The van der Waals surface area contributed by atoms with Crippen molar-refractivity contribution in [3.8, 4) is 0 Å². The second-order valence-electron chi connectivity index (χ2n) is 8.31. The van der Waals surface area contributed by atoms with Gasteiger partial charge in [-0.2, -0.15) is 0 Å². The van der Waals surface area contributed by atoms with Gasteiger partial charge in [-0.05, 0) is 69.2 Å². The zero-order valence-electron chi connectivity index (χ0n) is 15.0. The molecule has 1 aromatic carbocycles. The van der Waals surface area contributed by atoms with Crippen LogP contribution in [0.3, 0.4) is 0 Å². The van der Waals surface area contributed by atoms with Crippen LogP contribution in [-0.2, 0) is 0 Å². The molecule has 136 valence electrons. The molecule has 2 bridgehead atoms. The van der Waals surface area contributed by atoms with Crippen LogP contribution in [0.25, 0.3) is 0 Å². The summed E-state index contributed by atoms with van der Waals surface area (Å²) in [5.74, 6) is 0.0563. The van der Waals surface area contributed by atoms with Crippen molar-refractivity contribution in [2.75, 3.05) is 0 Å². The summed E-state index contributed by atoms with van der Waals surface area (Å²) in [6.07, 6.45) is 13.5. The van der Waals surface area contributed by atoms with Crippen molar-refractivity contribution in [1.29, 1.82) is 0 Å². The zero-order chi connectivity index (χ0) is 17.2. The van der Waals surface area contributed by atoms with Gasteiger partial charge in [0.05, 0.1) is 18.1 Å². The summed E-state index contributed by atoms with van der Waals surface area (Å²) in [7, 11) is 0. The minimum Gasteiger partial charge on any atom is -0.349 e. The summed E-state index contributed by atoms with van der Waals surface area (Å²) in [6.45, 7) is 0. The van der Waals surface area contributed by atoms with Crippen LogP contribution in [0.5, 0.6) is 0 Å². The fourth-order valence-electron chi connectivity index (χ4n) is 5.66. The molecule has 0 aromatic heterocycles. The van der Waals surface area contributed by atoms with Crippen molar-refractivity contribution in [3.05, 3.63) is 34.9 Å². The number of quaternary nitrogens is 1. The van der Waals surface area contributed by atoms with Gasteiger partial charge in [-0.3, -0.25) is 4.79 Å². The first kappa shape index (κ1) is 17.4. The van der Waals surface area contributed by atoms with Gasteiger partial charge in [0.15, 0.2) is 0 Å². The normalized spacial score (nSPS) is 33.0. The van der Waals surface area contributed by atoms with E-state index in [1.165, 1.54) is 51.4 Å². The molecule has 0 spiro atoms. The number of carbonyl (C=O) groups is 1. The molecule has 3 fully saturated rings. The number of hydrogen-bond donors (Lipinski definition) is 2. The number of piperidine rings is 2. The number of halogens is 1. The van der Waals surface area contributed by atoms with Crippen LogP contribution in [0.15, 0.2) is 24.3 Å². The Kier molecular flexibility index (Phi) is 5.33. The molecule has 2 heterocycles. The average Bonchev–Trinajstić information content (AvgIpc) is 2.62. The highest BCUT2D eigenvalue weighted by Gasteiger charge is 2.45. The second-order valence-corrected chi connectivity index (χ2v) is 8.74. The minimum absolute atomic E-state index is 0.0563. The third kappa shape index (κ3) is 3.88. The highest BCUT2D eigenvalue weighted by molar-refractivity contribution is 6.30. The van der Waals surface area contributed by atoms with Crippen LogP contribution in [0.4, 0.5) is 0 Å². The molecule has 0 radical (unpaired) electrons. The molecular weight excluding hydrogens is 332 g/mol. The van der Waals surface area contributed by atoms with E-state index in [9.17, 15) is 4.79 Å². The molecule has 1 amide bonds. The highest BCUT2D eigenvalue weighted by Crippen LogP contribution is 2.26. The van der Waals surface area contributed by atoms with Gasteiger partial charge in [0.1, 0.15) is 0 Å². The lowest BCUT2D eigenvalue weighted by atomic mass is 9.78. The van der Waals surface area contributed by atoms with Gasteiger partial charge in [-0.25, -0.2) is 0 Å². The van der Waals surface area contributed by atoms with Gasteiger partial charge >= 0.3 is 0 Å². The van der Waals surface area contributed by atoms with Crippen LogP contribution >= 0.6 is 11.6 Å². The fraction of sp³-hybridized carbons (Fsp3) is 0.667. The molecule has 2 aliphatic heterocycles. The third-order valence-corrected chi connectivity index (χ3v) is 6.96. The van der Waals surface area contributed by atoms with Crippen LogP contribution in [0, 0.1) is 0 Å². The predicted molar refractivity (Wildman–Crippen MR) is 101 cm³/mol. The van der Waals surface area contributed by atoms with E-state index in [1.807, 2.05) is 17.0 Å². The predicted octanol–water partition coefficient (Wildman–Crippen LogP) is 3.37. The summed E-state index contributed by atoms with van der Waals surface area (Å²) in [6, 6.07) is 9.96. The van der Waals surface area contributed by atoms with Crippen molar-refractivity contribution < 1.29 is 9.69 Å². The van der Waals surface area contributed by atoms with Crippen LogP contribution in [0.1, 0.15) is 74.6 Å². The Balaban J connectivity index is 1.40. The zero-order valence-corrected chi connectivity index (χ0v) is 15.7. The van der Waals surface area contributed by atoms with E-state index >= 15 is 0 Å². The molecule has 4 heteroatoms. The number of amides is 1. The standard InChI is InChI=1S/C21H29ClN2O/c22-16-11-9-15(10-12-16)21(25)23-17-13-19-7-4-8-20(14-17)24(19)18-5-2-1-3-6-18/h9-12,17-20H,1-8,13-14H2,(H,23,25)/p+1/t17?,19-,20+. The van der Waals surface area contributed by atoms with Crippen LogP contribution in [0.2, 0.25) is 5.02 Å². The van der Waals surface area contributed by atoms with E-state index in [1.54, 1.807) is 12.1 Å². The maximum Gasteiger partial charge on any atom is 0.251 e. The number of carbonyl (C=O) groups excluding carboxylic acids is 1. The summed E-state index contributed by atoms with van der Waals surface area (Å²) in [5.41, 5.74) is 0.719. The maximum atomic E-state index is 12.6. The summed E-state index contributed by atoms with van der Waals surface area (Å²) < 4.78 is 0. The summed E-state index contributed by atoms with van der Waals surface area (Å²) in [4.78, 5) is 14.5. The van der Waals surface area contributed by atoms with E-state index in [4.69, 9.17) is 11.6 Å². The Morgan fingerprint density at radius 3 is 2.12 bits per heavy atom. The second kappa shape index (κ2) is 7.67. The molecule has 4 rings (SSSR count). The number of fused-ring (bicyclic) bond motifs is 2. The topological polar surface area (TPSA) is 33.5 Å². The minimum atomic E-state index is 0.0563. The molecule has 2 N–H and O–H groups in total. The molecule has 1 saturated carbocycles. The number of nitrogens with one attached hydrogen (secondary N) is 2. The van der Waals surface area contributed by atoms with E-state index in [0.717, 1.165) is 36.5 Å². The molecule has 3 nitrogen and oxygen atoms in total. The molecule has 2 saturated heterocycles. The molecule has 25 heavy (non-hydrogen) atoms. The number of benzene rings is 1. The first-order valence-corrected chi connectivity index (χ1v) is 10.5. The Morgan fingerprint density at radius 2 is 1.48 bits per heavy atom. The molecule has 2 unspecified atom stereocenters. The first-order chi connectivity index (χ1) is 12.2. The van der Waals surface area contributed by atoms with Gasteiger partial charge < -0.3 is 10.2 Å². The Labute approximate surface area is 156 Å². The van der Waals surface area contributed by atoms with E-state index < -0.39 is 0 Å². The lowest BCUT2D eigenvalue weighted by Crippen LogP contribution is -3.24. The largest absolute Gasteiger partial charge is 0.349 e. The number of hydrogen-bond acceptors (Lipinski definition) is 1. The molecule has 1 aliphatic carbocycles. The lowest BCUT2D eigenvalue weighted by molar-refractivity contribution is -0.984. The first-order valence-electron chi connectivity index (χ1n) is 10.1. The van der Waals surface area contributed by atoms with Crippen molar-refractivity contribution in [3.63, 3.8) is 0 Å². The van der Waals surface area contributed by atoms with E-state index in [2.05, 4.69) is 5.32 Å². The van der Waals surface area contributed by atoms with E-state index in [-0.39, 0.29) is 5.91 Å². The van der Waals surface area contributed by atoms with Gasteiger partial charge in [0.25, 0.3) is 5.91 Å². The van der Waals surface area contributed by atoms with Crippen molar-refractivity contribution in [1.82, 2.24) is 5.32 Å². The van der Waals surface area contributed by atoms with Gasteiger partial charge in [-0.1, -0.05) is 18.0 Å². The van der Waals surface area contributed by atoms with Crippen LogP contribution in [-0.4, -0.2) is 30.1 Å². The van der Waals surface area contributed by atoms with Crippen molar-refractivity contribution in [2.45, 2.75) is 88.4 Å². The number of rotatable bonds is 3. The SMILES string of the molecule is O=C(NC1C[C@H]2CCC[C@@H](C1)[NH+]2C1CCCCC1)c1ccc(Cl)cc1. The lowest BCUT2D eigenvalue weighted by Gasteiger charge is -2.50. The summed E-state index contributed by atoms with van der Waals surface area (Å²) in [5, 5.41) is 3.99. The quantitative estimate of drug-likeness (QED) is 0.850. The maximum absolute atomic E-state index is 12.6. The highest BCUT2D eigenvalue weighted by atomic mass is 35.5. The van der Waals surface area contributed by atoms with Crippen molar-refractivity contribution >= 4 is 17.5 Å². The molecular formula is C21H30ClN2O+. The third-order valence-electron chi connectivity index (χ3n) is 6.70. The van der Waals surface area contributed by atoms with E-state index in [0.29, 0.717) is 11.1 Å². The van der Waals surface area contributed by atoms with Crippen LogP contribution < -0.4 is 10.2 Å². The Hall–Kier alpha value is -1.06. The van der Waals surface area contributed by atoms with Crippen molar-refractivity contribution in [2.24, 2.45) is 0 Å². The Bertz CT molecular complexity index is 582.